The molecule has 0 radical (unpaired) electrons. The van der Waals surface area contributed by atoms with Crippen LogP contribution >= 0.6 is 0 Å². The molecule has 1 fully saturated rings. The van der Waals surface area contributed by atoms with Crippen LogP contribution in [0.1, 0.15) is 12.8 Å². The molecule has 0 bridgehead atoms. The van der Waals surface area contributed by atoms with Gasteiger partial charge in [0.1, 0.15) is 0 Å². The average molecular weight is 256 g/mol. The Balaban J connectivity index is 1.80. The molecule has 1 aliphatic heterocycles. The second-order valence-electron chi connectivity index (χ2n) is 4.10. The smallest absolute Gasteiger partial charge is 0.319 e. The topological polar surface area (TPSA) is 50.4 Å². The summed E-state index contributed by atoms with van der Waals surface area (Å²) in [5.74, 6) is -1.94. The molecule has 98 valence electrons. The first-order chi connectivity index (χ1) is 8.65. The van der Waals surface area contributed by atoms with E-state index in [1.54, 1.807) is 0 Å². The Labute approximate surface area is 103 Å². The predicted octanol–water partition coefficient (Wildman–Crippen LogP) is 2.27. The molecule has 18 heavy (non-hydrogen) atoms. The second kappa shape index (κ2) is 5.77. The Bertz CT molecular complexity index is 434. The lowest BCUT2D eigenvalue weighted by atomic mass is 10.2. The molecule has 6 heteroatoms. The summed E-state index contributed by atoms with van der Waals surface area (Å²) >= 11 is 0. The van der Waals surface area contributed by atoms with Crippen LogP contribution in [0.4, 0.5) is 19.3 Å². The molecule has 1 aliphatic rings. The summed E-state index contributed by atoms with van der Waals surface area (Å²) in [6.07, 6.45) is 1.96. The molecule has 2 amide bonds. The van der Waals surface area contributed by atoms with Crippen LogP contribution in [-0.2, 0) is 4.74 Å². The van der Waals surface area contributed by atoms with Crippen molar-refractivity contribution >= 4 is 11.7 Å². The molecule has 1 aromatic rings. The summed E-state index contributed by atoms with van der Waals surface area (Å²) in [7, 11) is 0. The highest BCUT2D eigenvalue weighted by Crippen LogP contribution is 2.13. The lowest BCUT2D eigenvalue weighted by molar-refractivity contribution is 0.112. The van der Waals surface area contributed by atoms with Crippen LogP contribution in [-0.4, -0.2) is 25.3 Å². The van der Waals surface area contributed by atoms with E-state index in [-0.39, 0.29) is 11.8 Å². The van der Waals surface area contributed by atoms with E-state index in [4.69, 9.17) is 4.74 Å². The number of carbonyl (C=O) groups excluding carboxylic acids is 1. The average Bonchev–Trinajstić information content (AvgIpc) is 2.84. The monoisotopic (exact) mass is 256 g/mol. The van der Waals surface area contributed by atoms with Crippen LogP contribution in [0.3, 0.4) is 0 Å². The molecule has 0 saturated carbocycles. The first-order valence-corrected chi connectivity index (χ1v) is 5.76. The Morgan fingerprint density at radius 3 is 2.89 bits per heavy atom. The van der Waals surface area contributed by atoms with Crippen LogP contribution in [0.5, 0.6) is 0 Å². The molecule has 1 atom stereocenters. The molecule has 2 N–H and O–H groups in total. The summed E-state index contributed by atoms with van der Waals surface area (Å²) in [6.45, 7) is 1.13. The number of benzene rings is 1. The third-order valence-corrected chi connectivity index (χ3v) is 2.69. The first-order valence-electron chi connectivity index (χ1n) is 5.76. The third-order valence-electron chi connectivity index (χ3n) is 2.69. The van der Waals surface area contributed by atoms with Gasteiger partial charge in [0.15, 0.2) is 11.6 Å². The van der Waals surface area contributed by atoms with Crippen molar-refractivity contribution in [2.24, 2.45) is 0 Å². The van der Waals surface area contributed by atoms with E-state index in [0.29, 0.717) is 6.54 Å². The molecule has 1 aromatic carbocycles. The van der Waals surface area contributed by atoms with E-state index in [1.165, 1.54) is 6.07 Å². The van der Waals surface area contributed by atoms with Crippen LogP contribution in [0, 0.1) is 11.6 Å². The molecule has 1 unspecified atom stereocenters. The van der Waals surface area contributed by atoms with Crippen molar-refractivity contribution in [2.75, 3.05) is 18.5 Å². The zero-order chi connectivity index (χ0) is 13.0. The summed E-state index contributed by atoms with van der Waals surface area (Å²) in [5, 5.41) is 5.04. The minimum absolute atomic E-state index is 0.0423. The van der Waals surface area contributed by atoms with Gasteiger partial charge in [-0.15, -0.1) is 0 Å². The minimum atomic E-state index is -0.994. The van der Waals surface area contributed by atoms with Crippen molar-refractivity contribution in [3.63, 3.8) is 0 Å². The van der Waals surface area contributed by atoms with E-state index in [1.807, 2.05) is 0 Å². The normalized spacial score (nSPS) is 18.7. The maximum atomic E-state index is 12.9. The lowest BCUT2D eigenvalue weighted by Crippen LogP contribution is -2.35. The highest BCUT2D eigenvalue weighted by molar-refractivity contribution is 5.89. The fourth-order valence-electron chi connectivity index (χ4n) is 1.76. The molecule has 1 heterocycles. The van der Waals surface area contributed by atoms with Gasteiger partial charge in [0.2, 0.25) is 0 Å². The summed E-state index contributed by atoms with van der Waals surface area (Å²) in [6, 6.07) is 2.73. The van der Waals surface area contributed by atoms with E-state index >= 15 is 0 Å². The Morgan fingerprint density at radius 1 is 1.39 bits per heavy atom. The van der Waals surface area contributed by atoms with Crippen molar-refractivity contribution in [1.29, 1.82) is 0 Å². The summed E-state index contributed by atoms with van der Waals surface area (Å²) in [4.78, 5) is 11.5. The number of hydrogen-bond donors (Lipinski definition) is 2. The molecule has 1 saturated heterocycles. The van der Waals surface area contributed by atoms with Gasteiger partial charge in [-0.1, -0.05) is 0 Å². The van der Waals surface area contributed by atoms with Crippen LogP contribution in [0.25, 0.3) is 0 Å². The van der Waals surface area contributed by atoms with Crippen molar-refractivity contribution in [1.82, 2.24) is 5.32 Å². The van der Waals surface area contributed by atoms with Gasteiger partial charge in [-0.3, -0.25) is 0 Å². The van der Waals surface area contributed by atoms with Crippen molar-refractivity contribution in [3.8, 4) is 0 Å². The van der Waals surface area contributed by atoms with Crippen molar-refractivity contribution in [2.45, 2.75) is 18.9 Å². The fraction of sp³-hybridized carbons (Fsp3) is 0.417. The number of nitrogens with one attached hydrogen (secondary N) is 2. The molecular formula is C12H14F2N2O2. The molecule has 2 rings (SSSR count). The molecule has 0 spiro atoms. The predicted molar refractivity (Wildman–Crippen MR) is 62.4 cm³/mol. The standard InChI is InChI=1S/C12H14F2N2O2/c13-10-4-3-8(6-11(10)14)16-12(17)15-7-9-2-1-5-18-9/h3-4,6,9H,1-2,5,7H2,(H2,15,16,17). The largest absolute Gasteiger partial charge is 0.376 e. The van der Waals surface area contributed by atoms with E-state index in [2.05, 4.69) is 10.6 Å². The highest BCUT2D eigenvalue weighted by Gasteiger charge is 2.16. The number of rotatable bonds is 3. The third kappa shape index (κ3) is 3.40. The number of ether oxygens (including phenoxy) is 1. The SMILES string of the molecule is O=C(NCC1CCCO1)Nc1ccc(F)c(F)c1. The second-order valence-corrected chi connectivity index (χ2v) is 4.10. The Morgan fingerprint density at radius 2 is 2.22 bits per heavy atom. The van der Waals surface area contributed by atoms with E-state index < -0.39 is 17.7 Å². The van der Waals surface area contributed by atoms with Gasteiger partial charge in [-0.25, -0.2) is 13.6 Å². The summed E-state index contributed by atoms with van der Waals surface area (Å²) < 4.78 is 30.9. The van der Waals surface area contributed by atoms with Gasteiger partial charge < -0.3 is 15.4 Å². The zero-order valence-corrected chi connectivity index (χ0v) is 9.71. The van der Waals surface area contributed by atoms with Gasteiger partial charge in [-0.2, -0.15) is 0 Å². The van der Waals surface area contributed by atoms with Crippen LogP contribution in [0.15, 0.2) is 18.2 Å². The van der Waals surface area contributed by atoms with Crippen molar-refractivity contribution < 1.29 is 18.3 Å². The maximum absolute atomic E-state index is 12.9. The maximum Gasteiger partial charge on any atom is 0.319 e. The molecule has 0 aliphatic carbocycles. The Kier molecular flexibility index (Phi) is 4.09. The van der Waals surface area contributed by atoms with E-state index in [9.17, 15) is 13.6 Å². The highest BCUT2D eigenvalue weighted by atomic mass is 19.2. The number of amides is 2. The Hall–Kier alpha value is -1.69. The lowest BCUT2D eigenvalue weighted by Gasteiger charge is -2.11. The fourth-order valence-corrected chi connectivity index (χ4v) is 1.76. The number of urea groups is 1. The molecule has 4 nitrogen and oxygen atoms in total. The molecular weight excluding hydrogens is 242 g/mol. The number of anilines is 1. The van der Waals surface area contributed by atoms with Crippen LogP contribution in [0.2, 0.25) is 0 Å². The number of halogens is 2. The van der Waals surface area contributed by atoms with Gasteiger partial charge >= 0.3 is 6.03 Å². The zero-order valence-electron chi connectivity index (χ0n) is 9.71. The minimum Gasteiger partial charge on any atom is -0.376 e. The quantitative estimate of drug-likeness (QED) is 0.871. The van der Waals surface area contributed by atoms with Gasteiger partial charge in [0, 0.05) is 24.9 Å². The summed E-state index contributed by atoms with van der Waals surface area (Å²) in [5.41, 5.74) is 0.207. The van der Waals surface area contributed by atoms with Gasteiger partial charge in [0.05, 0.1) is 6.10 Å². The van der Waals surface area contributed by atoms with Gasteiger partial charge in [-0.05, 0) is 25.0 Å². The number of hydrogen-bond acceptors (Lipinski definition) is 2. The van der Waals surface area contributed by atoms with Crippen LogP contribution < -0.4 is 10.6 Å². The molecule has 0 aromatic heterocycles. The van der Waals surface area contributed by atoms with Crippen molar-refractivity contribution in [3.05, 3.63) is 29.8 Å². The van der Waals surface area contributed by atoms with Gasteiger partial charge in [0.25, 0.3) is 0 Å². The number of carbonyl (C=O) groups is 1. The van der Waals surface area contributed by atoms with E-state index in [0.717, 1.165) is 31.6 Å². The first kappa shape index (κ1) is 12.8.